The van der Waals surface area contributed by atoms with Crippen LogP contribution in [-0.4, -0.2) is 19.4 Å². The zero-order chi connectivity index (χ0) is 13.8. The molecule has 0 spiro atoms. The minimum atomic E-state index is -0.650. The molecule has 0 radical (unpaired) electrons. The first-order chi connectivity index (χ1) is 9.15. The summed E-state index contributed by atoms with van der Waals surface area (Å²) in [5.74, 6) is -0.109. The van der Waals surface area contributed by atoms with Crippen molar-refractivity contribution in [1.82, 2.24) is 0 Å². The molecule has 0 aliphatic heterocycles. The maximum Gasteiger partial charge on any atom is 0.379 e. The van der Waals surface area contributed by atoms with Gasteiger partial charge in [-0.05, 0) is 40.2 Å². The van der Waals surface area contributed by atoms with Gasteiger partial charge in [-0.15, -0.1) is 0 Å². The number of hydrogen-bond donors (Lipinski definition) is 0. The van der Waals surface area contributed by atoms with Crippen LogP contribution < -0.4 is 9.47 Å². The van der Waals surface area contributed by atoms with Gasteiger partial charge in [0.25, 0.3) is 0 Å². The summed E-state index contributed by atoms with van der Waals surface area (Å²) in [5.41, 5.74) is 0.404. The van der Waals surface area contributed by atoms with Crippen LogP contribution in [0.2, 0.25) is 0 Å². The van der Waals surface area contributed by atoms with E-state index >= 15 is 0 Å². The van der Waals surface area contributed by atoms with Crippen molar-refractivity contribution < 1.29 is 23.5 Å². The number of ether oxygens (including phenoxy) is 2. The molecule has 1 aromatic carbocycles. The minimum Gasteiger partial charge on any atom is -0.493 e. The van der Waals surface area contributed by atoms with Gasteiger partial charge in [0.15, 0.2) is 11.5 Å². The van der Waals surface area contributed by atoms with Crippen LogP contribution in [-0.2, 0) is 0 Å². The van der Waals surface area contributed by atoms with E-state index in [1.807, 2.05) is 0 Å². The second kappa shape index (κ2) is 5.71. The summed E-state index contributed by atoms with van der Waals surface area (Å²) in [6.07, 6.45) is 2.05. The molecule has 0 saturated carbocycles. The summed E-state index contributed by atoms with van der Waals surface area (Å²) in [4.78, 5) is 22.5. The SMILES string of the molecule is COc1cc(C=O)cc(Br)c1OC(=O)c1ccco1. The summed E-state index contributed by atoms with van der Waals surface area (Å²) in [6.45, 7) is 0. The van der Waals surface area contributed by atoms with E-state index in [1.165, 1.54) is 31.6 Å². The molecule has 0 bridgehead atoms. The topological polar surface area (TPSA) is 65.7 Å². The van der Waals surface area contributed by atoms with Gasteiger partial charge in [-0.1, -0.05) is 0 Å². The summed E-state index contributed by atoms with van der Waals surface area (Å²) >= 11 is 3.22. The van der Waals surface area contributed by atoms with E-state index in [9.17, 15) is 9.59 Å². The van der Waals surface area contributed by atoms with E-state index in [1.54, 1.807) is 6.07 Å². The first-order valence-corrected chi connectivity index (χ1v) is 6.03. The van der Waals surface area contributed by atoms with Gasteiger partial charge in [0, 0.05) is 5.56 Å². The third-order valence-electron chi connectivity index (χ3n) is 2.30. The molecule has 2 aromatic rings. The highest BCUT2D eigenvalue weighted by Crippen LogP contribution is 2.36. The lowest BCUT2D eigenvalue weighted by atomic mass is 10.2. The van der Waals surface area contributed by atoms with Gasteiger partial charge in [-0.3, -0.25) is 4.79 Å². The number of hydrogen-bond acceptors (Lipinski definition) is 5. The molecule has 2 rings (SSSR count). The Bertz CT molecular complexity index is 604. The van der Waals surface area contributed by atoms with Crippen molar-refractivity contribution in [3.63, 3.8) is 0 Å². The number of methoxy groups -OCH3 is 1. The molecule has 0 fully saturated rings. The molecule has 0 N–H and O–H groups in total. The second-order valence-electron chi connectivity index (χ2n) is 3.52. The predicted octanol–water partition coefficient (Wildman–Crippen LogP) is 3.08. The van der Waals surface area contributed by atoms with Crippen molar-refractivity contribution in [3.8, 4) is 11.5 Å². The molecular weight excluding hydrogens is 316 g/mol. The number of carbonyl (C=O) groups is 2. The maximum absolute atomic E-state index is 11.8. The Kier molecular flexibility index (Phi) is 4.01. The fraction of sp³-hybridized carbons (Fsp3) is 0.0769. The van der Waals surface area contributed by atoms with E-state index in [0.717, 1.165) is 0 Å². The number of benzene rings is 1. The van der Waals surface area contributed by atoms with E-state index in [0.29, 0.717) is 16.3 Å². The van der Waals surface area contributed by atoms with Crippen molar-refractivity contribution in [2.75, 3.05) is 7.11 Å². The monoisotopic (exact) mass is 324 g/mol. The van der Waals surface area contributed by atoms with Gasteiger partial charge in [0.1, 0.15) is 6.29 Å². The zero-order valence-electron chi connectivity index (χ0n) is 9.88. The Labute approximate surface area is 117 Å². The quantitative estimate of drug-likeness (QED) is 0.491. The maximum atomic E-state index is 11.8. The molecule has 1 aromatic heterocycles. The molecule has 98 valence electrons. The minimum absolute atomic E-state index is 0.0772. The second-order valence-corrected chi connectivity index (χ2v) is 4.37. The normalized spacial score (nSPS) is 10.0. The number of rotatable bonds is 4. The number of halogens is 1. The molecule has 5 nitrogen and oxygen atoms in total. The largest absolute Gasteiger partial charge is 0.493 e. The van der Waals surface area contributed by atoms with Gasteiger partial charge in [-0.25, -0.2) is 4.79 Å². The van der Waals surface area contributed by atoms with Crippen LogP contribution in [0, 0.1) is 0 Å². The summed E-state index contributed by atoms with van der Waals surface area (Å²) in [5, 5.41) is 0. The lowest BCUT2D eigenvalue weighted by Gasteiger charge is -2.10. The average Bonchev–Trinajstić information content (AvgIpc) is 2.94. The van der Waals surface area contributed by atoms with Gasteiger partial charge >= 0.3 is 5.97 Å². The molecule has 6 heteroatoms. The first-order valence-electron chi connectivity index (χ1n) is 5.24. The highest BCUT2D eigenvalue weighted by molar-refractivity contribution is 9.10. The molecule has 19 heavy (non-hydrogen) atoms. The standard InChI is InChI=1S/C13H9BrO5/c1-17-11-6-8(7-15)5-9(14)12(11)19-13(16)10-3-2-4-18-10/h2-7H,1H3. The third kappa shape index (κ3) is 2.85. The van der Waals surface area contributed by atoms with E-state index in [-0.39, 0.29) is 17.3 Å². The van der Waals surface area contributed by atoms with Crippen LogP contribution in [0.1, 0.15) is 20.9 Å². The van der Waals surface area contributed by atoms with Gasteiger partial charge in [-0.2, -0.15) is 0 Å². The van der Waals surface area contributed by atoms with Crippen LogP contribution in [0.4, 0.5) is 0 Å². The number of furan rings is 1. The van der Waals surface area contributed by atoms with Crippen molar-refractivity contribution in [2.45, 2.75) is 0 Å². The van der Waals surface area contributed by atoms with Crippen molar-refractivity contribution >= 4 is 28.2 Å². The van der Waals surface area contributed by atoms with Gasteiger partial charge in [0.05, 0.1) is 17.8 Å². The van der Waals surface area contributed by atoms with Crippen LogP contribution >= 0.6 is 15.9 Å². The molecular formula is C13H9BrO5. The average molecular weight is 325 g/mol. The Morgan fingerprint density at radius 3 is 2.79 bits per heavy atom. The van der Waals surface area contributed by atoms with Crippen LogP contribution in [0.3, 0.4) is 0 Å². The fourth-order valence-electron chi connectivity index (χ4n) is 1.44. The van der Waals surface area contributed by atoms with Crippen LogP contribution in [0.25, 0.3) is 0 Å². The summed E-state index contributed by atoms with van der Waals surface area (Å²) < 4.78 is 15.7. The van der Waals surface area contributed by atoms with Crippen LogP contribution in [0.5, 0.6) is 11.5 Å². The summed E-state index contributed by atoms with van der Waals surface area (Å²) in [7, 11) is 1.42. The Balaban J connectivity index is 2.34. The Morgan fingerprint density at radius 1 is 1.42 bits per heavy atom. The van der Waals surface area contributed by atoms with E-state index in [2.05, 4.69) is 15.9 Å². The van der Waals surface area contributed by atoms with Gasteiger partial charge < -0.3 is 13.9 Å². The number of aldehydes is 1. The van der Waals surface area contributed by atoms with Gasteiger partial charge in [0.2, 0.25) is 5.76 Å². The van der Waals surface area contributed by atoms with Crippen molar-refractivity contribution in [3.05, 3.63) is 46.3 Å². The van der Waals surface area contributed by atoms with E-state index in [4.69, 9.17) is 13.9 Å². The highest BCUT2D eigenvalue weighted by Gasteiger charge is 2.18. The van der Waals surface area contributed by atoms with Crippen molar-refractivity contribution in [2.24, 2.45) is 0 Å². The molecule has 0 saturated heterocycles. The van der Waals surface area contributed by atoms with E-state index < -0.39 is 5.97 Å². The third-order valence-corrected chi connectivity index (χ3v) is 2.89. The fourth-order valence-corrected chi connectivity index (χ4v) is 1.99. The smallest absolute Gasteiger partial charge is 0.379 e. The lowest BCUT2D eigenvalue weighted by Crippen LogP contribution is -2.09. The lowest BCUT2D eigenvalue weighted by molar-refractivity contribution is 0.0695. The molecule has 0 aliphatic rings. The van der Waals surface area contributed by atoms with Crippen LogP contribution in [0.15, 0.2) is 39.4 Å². The van der Waals surface area contributed by atoms with Crippen molar-refractivity contribution in [1.29, 1.82) is 0 Å². The number of carbonyl (C=O) groups excluding carboxylic acids is 2. The Hall–Kier alpha value is -2.08. The molecule has 0 unspecified atom stereocenters. The zero-order valence-corrected chi connectivity index (χ0v) is 11.5. The summed E-state index contributed by atoms with van der Waals surface area (Å²) in [6, 6.07) is 6.07. The predicted molar refractivity (Wildman–Crippen MR) is 69.7 cm³/mol. The number of esters is 1. The highest BCUT2D eigenvalue weighted by atomic mass is 79.9. The molecule has 0 aliphatic carbocycles. The first kappa shape index (κ1) is 13.4. The molecule has 0 atom stereocenters. The molecule has 1 heterocycles. The molecule has 0 amide bonds. The Morgan fingerprint density at radius 2 is 2.21 bits per heavy atom.